The number of nitrogens with zero attached hydrogens (tertiary/aromatic N) is 1. The molecule has 1 aliphatic rings. The Balaban J connectivity index is 1.96. The van der Waals surface area contributed by atoms with Crippen LogP contribution in [0, 0.1) is 5.92 Å². The third-order valence-electron chi connectivity index (χ3n) is 3.40. The Morgan fingerprint density at radius 3 is 3.00 bits per heavy atom. The average Bonchev–Trinajstić information content (AvgIpc) is 2.90. The Hall–Kier alpha value is -1.53. The van der Waals surface area contributed by atoms with E-state index in [0.29, 0.717) is 36.9 Å². The molecule has 7 heteroatoms. The van der Waals surface area contributed by atoms with Gasteiger partial charge < -0.3 is 20.9 Å². The highest BCUT2D eigenvalue weighted by Gasteiger charge is 2.29. The van der Waals surface area contributed by atoms with E-state index in [1.807, 2.05) is 0 Å². The maximum atomic E-state index is 12.3. The van der Waals surface area contributed by atoms with Gasteiger partial charge in [0, 0.05) is 32.4 Å². The van der Waals surface area contributed by atoms with E-state index in [2.05, 4.69) is 10.3 Å². The molecule has 2 amide bonds. The van der Waals surface area contributed by atoms with Crippen molar-refractivity contribution in [3.05, 3.63) is 23.0 Å². The summed E-state index contributed by atoms with van der Waals surface area (Å²) in [5.41, 5.74) is 5.82. The van der Waals surface area contributed by atoms with Gasteiger partial charge in [0.1, 0.15) is 5.69 Å². The van der Waals surface area contributed by atoms with Crippen molar-refractivity contribution >= 4 is 23.4 Å². The molecule has 1 atom stereocenters. The number of halogens is 1. The highest BCUT2D eigenvalue weighted by molar-refractivity contribution is 6.30. The number of carbonyl (C=O) groups excluding carboxylic acids is 2. The Bertz CT molecular complexity index is 488. The quantitative estimate of drug-likeness (QED) is 0.760. The molecule has 0 aromatic carbocycles. The maximum Gasteiger partial charge on any atom is 0.270 e. The summed E-state index contributed by atoms with van der Waals surface area (Å²) in [5, 5.41) is 3.28. The molecule has 1 aliphatic heterocycles. The molecule has 1 saturated heterocycles. The van der Waals surface area contributed by atoms with E-state index in [9.17, 15) is 9.59 Å². The number of rotatable bonds is 4. The number of aromatic nitrogens is 1. The van der Waals surface area contributed by atoms with Crippen LogP contribution in [-0.2, 0) is 4.79 Å². The molecular formula is C13H19ClN4O2. The lowest BCUT2D eigenvalue weighted by Crippen LogP contribution is -2.46. The van der Waals surface area contributed by atoms with Gasteiger partial charge in [0.2, 0.25) is 5.91 Å². The fraction of sp³-hybridized carbons (Fsp3) is 0.538. The third kappa shape index (κ3) is 3.52. The molecular weight excluding hydrogens is 280 g/mol. The number of nitrogens with one attached hydrogen (secondary N) is 2. The first-order valence-electron chi connectivity index (χ1n) is 6.72. The average molecular weight is 299 g/mol. The Labute approximate surface area is 122 Å². The van der Waals surface area contributed by atoms with E-state index in [4.69, 9.17) is 17.3 Å². The summed E-state index contributed by atoms with van der Waals surface area (Å²) in [7, 11) is 0. The van der Waals surface area contributed by atoms with Crippen molar-refractivity contribution in [2.75, 3.05) is 26.2 Å². The predicted molar refractivity (Wildman–Crippen MR) is 76.5 cm³/mol. The lowest BCUT2D eigenvalue weighted by molar-refractivity contribution is -0.126. The van der Waals surface area contributed by atoms with Crippen molar-refractivity contribution in [3.63, 3.8) is 0 Å². The van der Waals surface area contributed by atoms with Crippen LogP contribution >= 0.6 is 11.6 Å². The Morgan fingerprint density at radius 1 is 1.55 bits per heavy atom. The minimum absolute atomic E-state index is 0.0301. The first-order chi connectivity index (χ1) is 9.61. The number of H-pyrrole nitrogens is 1. The number of likely N-dealkylation sites (tertiary alicyclic amines) is 1. The zero-order chi connectivity index (χ0) is 14.5. The summed E-state index contributed by atoms with van der Waals surface area (Å²) in [6.45, 7) is 1.99. The fourth-order valence-corrected chi connectivity index (χ4v) is 2.54. The first kappa shape index (κ1) is 14.9. The molecule has 20 heavy (non-hydrogen) atoms. The zero-order valence-corrected chi connectivity index (χ0v) is 11.9. The second-order valence-corrected chi connectivity index (χ2v) is 5.34. The monoisotopic (exact) mass is 298 g/mol. The summed E-state index contributed by atoms with van der Waals surface area (Å²) < 4.78 is 0. The van der Waals surface area contributed by atoms with Crippen LogP contribution in [0.25, 0.3) is 0 Å². The number of hydrogen-bond acceptors (Lipinski definition) is 3. The van der Waals surface area contributed by atoms with Gasteiger partial charge >= 0.3 is 0 Å². The summed E-state index contributed by atoms with van der Waals surface area (Å²) in [5.74, 6) is -0.310. The van der Waals surface area contributed by atoms with Gasteiger partial charge in [-0.05, 0) is 18.9 Å². The van der Waals surface area contributed by atoms with Crippen LogP contribution in [0.15, 0.2) is 12.3 Å². The van der Waals surface area contributed by atoms with Gasteiger partial charge in [-0.2, -0.15) is 0 Å². The predicted octanol–water partition coefficient (Wildman–Crippen LogP) is 0.595. The van der Waals surface area contributed by atoms with Gasteiger partial charge in [-0.3, -0.25) is 9.59 Å². The Morgan fingerprint density at radius 2 is 2.35 bits per heavy atom. The van der Waals surface area contributed by atoms with Crippen LogP contribution < -0.4 is 11.1 Å². The van der Waals surface area contributed by atoms with Gasteiger partial charge in [-0.1, -0.05) is 11.6 Å². The number of carbonyl (C=O) groups is 2. The number of amides is 2. The van der Waals surface area contributed by atoms with E-state index in [1.54, 1.807) is 17.2 Å². The van der Waals surface area contributed by atoms with Crippen LogP contribution in [0.1, 0.15) is 23.3 Å². The normalized spacial score (nSPS) is 18.9. The summed E-state index contributed by atoms with van der Waals surface area (Å²) >= 11 is 5.80. The minimum Gasteiger partial charge on any atom is -0.356 e. The largest absolute Gasteiger partial charge is 0.356 e. The number of hydrogen-bond donors (Lipinski definition) is 3. The van der Waals surface area contributed by atoms with Crippen LogP contribution in [0.3, 0.4) is 0 Å². The molecule has 0 spiro atoms. The SMILES string of the molecule is NCCNC(=O)C1CCCN(C(=O)c2cc(Cl)c[nH]2)C1. The first-order valence-corrected chi connectivity index (χ1v) is 7.10. The zero-order valence-electron chi connectivity index (χ0n) is 11.2. The highest BCUT2D eigenvalue weighted by Crippen LogP contribution is 2.19. The number of piperidine rings is 1. The molecule has 0 bridgehead atoms. The van der Waals surface area contributed by atoms with Gasteiger partial charge in [-0.15, -0.1) is 0 Å². The molecule has 110 valence electrons. The lowest BCUT2D eigenvalue weighted by Gasteiger charge is -2.31. The molecule has 1 unspecified atom stereocenters. The van der Waals surface area contributed by atoms with Crippen LogP contribution in [0.5, 0.6) is 0 Å². The van der Waals surface area contributed by atoms with Crippen molar-refractivity contribution < 1.29 is 9.59 Å². The van der Waals surface area contributed by atoms with E-state index < -0.39 is 0 Å². The Kier molecular flexibility index (Phi) is 5.03. The molecule has 2 heterocycles. The number of nitrogens with two attached hydrogens (primary N) is 1. The van der Waals surface area contributed by atoms with E-state index >= 15 is 0 Å². The molecule has 1 aromatic heterocycles. The maximum absolute atomic E-state index is 12.3. The van der Waals surface area contributed by atoms with Gasteiger partial charge in [-0.25, -0.2) is 0 Å². The molecule has 4 N–H and O–H groups in total. The van der Waals surface area contributed by atoms with E-state index in [-0.39, 0.29) is 17.7 Å². The van der Waals surface area contributed by atoms with Gasteiger partial charge in [0.25, 0.3) is 5.91 Å². The van der Waals surface area contributed by atoms with Crippen molar-refractivity contribution in [2.24, 2.45) is 11.7 Å². The summed E-state index contributed by atoms with van der Waals surface area (Å²) in [4.78, 5) is 28.7. The topological polar surface area (TPSA) is 91.2 Å². The van der Waals surface area contributed by atoms with Crippen molar-refractivity contribution in [1.82, 2.24) is 15.2 Å². The number of aromatic amines is 1. The van der Waals surface area contributed by atoms with Gasteiger partial charge in [0.05, 0.1) is 10.9 Å². The third-order valence-corrected chi connectivity index (χ3v) is 3.62. The van der Waals surface area contributed by atoms with Crippen molar-refractivity contribution in [3.8, 4) is 0 Å². The van der Waals surface area contributed by atoms with Gasteiger partial charge in [0.15, 0.2) is 0 Å². The molecule has 0 saturated carbocycles. The van der Waals surface area contributed by atoms with E-state index in [0.717, 1.165) is 12.8 Å². The van der Waals surface area contributed by atoms with Crippen molar-refractivity contribution in [2.45, 2.75) is 12.8 Å². The second kappa shape index (κ2) is 6.76. The van der Waals surface area contributed by atoms with Crippen molar-refractivity contribution in [1.29, 1.82) is 0 Å². The van der Waals surface area contributed by atoms with Crippen LogP contribution in [0.2, 0.25) is 5.02 Å². The molecule has 0 radical (unpaired) electrons. The molecule has 1 fully saturated rings. The minimum atomic E-state index is -0.162. The summed E-state index contributed by atoms with van der Waals surface area (Å²) in [6.07, 6.45) is 3.19. The molecule has 0 aliphatic carbocycles. The molecule has 6 nitrogen and oxygen atoms in total. The smallest absolute Gasteiger partial charge is 0.270 e. The molecule has 2 rings (SSSR count). The molecule has 1 aromatic rings. The fourth-order valence-electron chi connectivity index (χ4n) is 2.38. The lowest BCUT2D eigenvalue weighted by atomic mass is 9.97. The van der Waals surface area contributed by atoms with Crippen LogP contribution in [0.4, 0.5) is 0 Å². The van der Waals surface area contributed by atoms with E-state index in [1.165, 1.54) is 0 Å². The van der Waals surface area contributed by atoms with Crippen LogP contribution in [-0.4, -0.2) is 47.9 Å². The highest BCUT2D eigenvalue weighted by atomic mass is 35.5. The standard InChI is InChI=1S/C13H19ClN4O2/c14-10-6-11(17-7-10)13(20)18-5-1-2-9(8-18)12(19)16-4-3-15/h6-7,9,17H,1-5,8,15H2,(H,16,19). The second-order valence-electron chi connectivity index (χ2n) is 4.90. The summed E-state index contributed by atoms with van der Waals surface area (Å²) in [6, 6.07) is 1.60.